The Kier molecular flexibility index (Phi) is 3.94. The Morgan fingerprint density at radius 2 is 2.42 bits per heavy atom. The molecule has 0 aliphatic rings. The monoisotopic (exact) mass is 255 g/mol. The van der Waals surface area contributed by atoms with Gasteiger partial charge in [-0.2, -0.15) is 5.10 Å². The number of pyridine rings is 1. The number of carbonyl (C=O) groups excluding carboxylic acids is 1. The average Bonchev–Trinajstić information content (AvgIpc) is 2.93. The highest BCUT2D eigenvalue weighted by Crippen LogP contribution is 2.09. The molecule has 0 radical (unpaired) electrons. The molecular formula is C14H13N3O2. The largest absolute Gasteiger partial charge is 0.457 e. The van der Waals surface area contributed by atoms with Crippen molar-refractivity contribution >= 4 is 5.97 Å². The van der Waals surface area contributed by atoms with E-state index in [2.05, 4.69) is 16.0 Å². The maximum absolute atomic E-state index is 11.9. The van der Waals surface area contributed by atoms with Gasteiger partial charge in [-0.3, -0.25) is 0 Å². The summed E-state index contributed by atoms with van der Waals surface area (Å²) in [7, 11) is 0. The molecule has 96 valence electrons. The van der Waals surface area contributed by atoms with Crippen LogP contribution in [0.25, 0.3) is 5.69 Å². The Morgan fingerprint density at radius 1 is 1.58 bits per heavy atom. The standard InChI is InChI=1S/C14H13N3O2/c1-3-5-11(2)19-14(18)13-10-12(6-8-15-13)17-9-4-7-16-17/h1,4,6-11H,5H2,2H3/t11-/m0/s1. The van der Waals surface area contributed by atoms with Crippen molar-refractivity contribution in [3.8, 4) is 18.0 Å². The first kappa shape index (κ1) is 12.8. The second-order valence-electron chi connectivity index (χ2n) is 3.97. The second kappa shape index (κ2) is 5.83. The summed E-state index contributed by atoms with van der Waals surface area (Å²) >= 11 is 0. The maximum Gasteiger partial charge on any atom is 0.357 e. The molecule has 5 nitrogen and oxygen atoms in total. The summed E-state index contributed by atoms with van der Waals surface area (Å²) in [5, 5.41) is 4.09. The third-order valence-electron chi connectivity index (χ3n) is 2.44. The molecule has 2 aromatic heterocycles. The predicted octanol–water partition coefficient (Wildman–Crippen LogP) is 1.84. The van der Waals surface area contributed by atoms with Gasteiger partial charge in [0.15, 0.2) is 5.69 Å². The second-order valence-corrected chi connectivity index (χ2v) is 3.97. The van der Waals surface area contributed by atoms with E-state index in [4.69, 9.17) is 11.2 Å². The van der Waals surface area contributed by atoms with E-state index in [-0.39, 0.29) is 11.8 Å². The molecule has 0 saturated heterocycles. The lowest BCUT2D eigenvalue weighted by Gasteiger charge is -2.10. The number of hydrogen-bond donors (Lipinski definition) is 0. The van der Waals surface area contributed by atoms with E-state index in [1.54, 1.807) is 48.4 Å². The van der Waals surface area contributed by atoms with Crippen LogP contribution < -0.4 is 0 Å². The van der Waals surface area contributed by atoms with Gasteiger partial charge in [0.25, 0.3) is 0 Å². The Labute approximate surface area is 111 Å². The van der Waals surface area contributed by atoms with Crippen LogP contribution in [-0.4, -0.2) is 26.8 Å². The molecule has 2 aromatic rings. The summed E-state index contributed by atoms with van der Waals surface area (Å²) in [6.07, 6.45) is 10.2. The summed E-state index contributed by atoms with van der Waals surface area (Å²) in [5.74, 6) is 1.96. The van der Waals surface area contributed by atoms with Crippen molar-refractivity contribution in [2.24, 2.45) is 0 Å². The van der Waals surface area contributed by atoms with Crippen LogP contribution in [0.2, 0.25) is 0 Å². The van der Waals surface area contributed by atoms with Crippen LogP contribution in [0, 0.1) is 12.3 Å². The quantitative estimate of drug-likeness (QED) is 0.618. The minimum Gasteiger partial charge on any atom is -0.457 e. The summed E-state index contributed by atoms with van der Waals surface area (Å²) in [5.41, 5.74) is 0.980. The van der Waals surface area contributed by atoms with Crippen LogP contribution >= 0.6 is 0 Å². The first-order valence-electron chi connectivity index (χ1n) is 5.81. The molecule has 0 aliphatic carbocycles. The molecule has 0 N–H and O–H groups in total. The Hall–Kier alpha value is -2.61. The van der Waals surface area contributed by atoms with Gasteiger partial charge in [0.2, 0.25) is 0 Å². The summed E-state index contributed by atoms with van der Waals surface area (Å²) in [6, 6.07) is 5.18. The van der Waals surface area contributed by atoms with Crippen molar-refractivity contribution in [3.05, 3.63) is 42.5 Å². The number of hydrogen-bond acceptors (Lipinski definition) is 4. The lowest BCUT2D eigenvalue weighted by Crippen LogP contribution is -2.16. The van der Waals surface area contributed by atoms with Crippen molar-refractivity contribution in [2.75, 3.05) is 0 Å². The lowest BCUT2D eigenvalue weighted by molar-refractivity contribution is 0.0345. The zero-order valence-electron chi connectivity index (χ0n) is 10.5. The van der Waals surface area contributed by atoms with E-state index in [0.29, 0.717) is 6.42 Å². The highest BCUT2D eigenvalue weighted by Gasteiger charge is 2.13. The number of esters is 1. The fourth-order valence-corrected chi connectivity index (χ4v) is 1.55. The summed E-state index contributed by atoms with van der Waals surface area (Å²) < 4.78 is 6.82. The molecule has 0 amide bonds. The third-order valence-corrected chi connectivity index (χ3v) is 2.44. The molecular weight excluding hydrogens is 242 g/mol. The van der Waals surface area contributed by atoms with E-state index in [1.807, 2.05) is 0 Å². The molecule has 0 aromatic carbocycles. The number of carbonyl (C=O) groups is 1. The minimum atomic E-state index is -0.489. The Bertz CT molecular complexity index is 599. The van der Waals surface area contributed by atoms with Crippen molar-refractivity contribution in [3.63, 3.8) is 0 Å². The van der Waals surface area contributed by atoms with Gasteiger partial charge in [0.1, 0.15) is 6.10 Å². The van der Waals surface area contributed by atoms with Crippen LogP contribution in [0.4, 0.5) is 0 Å². The maximum atomic E-state index is 11.9. The molecule has 0 unspecified atom stereocenters. The smallest absolute Gasteiger partial charge is 0.357 e. The normalized spacial score (nSPS) is 11.6. The van der Waals surface area contributed by atoms with Gasteiger partial charge >= 0.3 is 5.97 Å². The van der Waals surface area contributed by atoms with Crippen LogP contribution in [0.3, 0.4) is 0 Å². The fourth-order valence-electron chi connectivity index (χ4n) is 1.55. The molecule has 19 heavy (non-hydrogen) atoms. The van der Waals surface area contributed by atoms with Gasteiger partial charge in [-0.05, 0) is 25.1 Å². The highest BCUT2D eigenvalue weighted by molar-refractivity contribution is 5.87. The third kappa shape index (κ3) is 3.19. The van der Waals surface area contributed by atoms with E-state index >= 15 is 0 Å². The highest BCUT2D eigenvalue weighted by atomic mass is 16.5. The zero-order chi connectivity index (χ0) is 13.7. The van der Waals surface area contributed by atoms with Crippen LogP contribution in [0.1, 0.15) is 23.8 Å². The topological polar surface area (TPSA) is 57.0 Å². The lowest BCUT2D eigenvalue weighted by atomic mass is 10.3. The molecule has 0 spiro atoms. The van der Waals surface area contributed by atoms with Crippen LogP contribution in [0.5, 0.6) is 0 Å². The van der Waals surface area contributed by atoms with E-state index < -0.39 is 5.97 Å². The molecule has 2 rings (SSSR count). The first-order chi connectivity index (χ1) is 9.20. The summed E-state index contributed by atoms with van der Waals surface area (Å²) in [6.45, 7) is 1.75. The molecule has 1 atom stereocenters. The molecule has 2 heterocycles. The zero-order valence-corrected chi connectivity index (χ0v) is 10.5. The number of rotatable bonds is 4. The van der Waals surface area contributed by atoms with E-state index in [0.717, 1.165) is 5.69 Å². The Balaban J connectivity index is 2.15. The van der Waals surface area contributed by atoms with Gasteiger partial charge in [-0.25, -0.2) is 14.5 Å². The van der Waals surface area contributed by atoms with Crippen molar-refractivity contribution in [2.45, 2.75) is 19.4 Å². The predicted molar refractivity (Wildman–Crippen MR) is 69.7 cm³/mol. The summed E-state index contributed by atoms with van der Waals surface area (Å²) in [4.78, 5) is 15.9. The minimum absolute atomic E-state index is 0.233. The molecule has 0 bridgehead atoms. The number of ether oxygens (including phenoxy) is 1. The molecule has 0 fully saturated rings. The SMILES string of the molecule is C#CC[C@H](C)OC(=O)c1cc(-n2cccn2)ccn1. The molecule has 5 heteroatoms. The average molecular weight is 255 g/mol. The number of aromatic nitrogens is 3. The number of terminal acetylenes is 1. The first-order valence-corrected chi connectivity index (χ1v) is 5.81. The van der Waals surface area contributed by atoms with Gasteiger partial charge in [-0.1, -0.05) is 0 Å². The van der Waals surface area contributed by atoms with Gasteiger partial charge in [0, 0.05) is 25.0 Å². The van der Waals surface area contributed by atoms with E-state index in [9.17, 15) is 4.79 Å². The number of nitrogens with zero attached hydrogens (tertiary/aromatic N) is 3. The fraction of sp³-hybridized carbons (Fsp3) is 0.214. The van der Waals surface area contributed by atoms with Crippen LogP contribution in [-0.2, 0) is 4.74 Å². The van der Waals surface area contributed by atoms with E-state index in [1.165, 1.54) is 0 Å². The molecule has 0 aliphatic heterocycles. The van der Waals surface area contributed by atoms with Crippen molar-refractivity contribution < 1.29 is 9.53 Å². The van der Waals surface area contributed by atoms with Gasteiger partial charge in [0.05, 0.1) is 5.69 Å². The van der Waals surface area contributed by atoms with Crippen LogP contribution in [0.15, 0.2) is 36.8 Å². The Morgan fingerprint density at radius 3 is 3.11 bits per heavy atom. The van der Waals surface area contributed by atoms with Crippen molar-refractivity contribution in [1.82, 2.24) is 14.8 Å². The molecule has 0 saturated carbocycles. The van der Waals surface area contributed by atoms with Crippen molar-refractivity contribution in [1.29, 1.82) is 0 Å². The van der Waals surface area contributed by atoms with Gasteiger partial charge < -0.3 is 4.74 Å². The van der Waals surface area contributed by atoms with Gasteiger partial charge in [-0.15, -0.1) is 12.3 Å².